The highest BCUT2D eigenvalue weighted by Crippen LogP contribution is 2.23. The van der Waals surface area contributed by atoms with Crippen molar-refractivity contribution >= 4 is 15.9 Å². The third kappa shape index (κ3) is 2.76. The van der Waals surface area contributed by atoms with Crippen molar-refractivity contribution in [2.75, 3.05) is 26.2 Å². The first-order valence-electron chi connectivity index (χ1n) is 6.62. The smallest absolute Gasteiger partial charge is 0.124 e. The van der Waals surface area contributed by atoms with Gasteiger partial charge in [0.05, 0.1) is 0 Å². The number of fused-ring (bicyclic) bond motifs is 1. The summed E-state index contributed by atoms with van der Waals surface area (Å²) in [7, 11) is 0. The van der Waals surface area contributed by atoms with Gasteiger partial charge in [0, 0.05) is 36.7 Å². The predicted octanol–water partition coefficient (Wildman–Crippen LogP) is 2.87. The van der Waals surface area contributed by atoms with Crippen LogP contribution < -0.4 is 0 Å². The summed E-state index contributed by atoms with van der Waals surface area (Å²) in [6.07, 6.45) is 2.66. The maximum absolute atomic E-state index is 13.3. The minimum absolute atomic E-state index is 0.154. The zero-order chi connectivity index (χ0) is 12.5. The van der Waals surface area contributed by atoms with Crippen LogP contribution in [0.3, 0.4) is 0 Å². The van der Waals surface area contributed by atoms with E-state index < -0.39 is 0 Å². The van der Waals surface area contributed by atoms with Gasteiger partial charge in [-0.05, 0) is 43.1 Å². The first-order chi connectivity index (χ1) is 8.70. The average Bonchev–Trinajstić information content (AvgIpc) is 2.74. The van der Waals surface area contributed by atoms with E-state index >= 15 is 0 Å². The van der Waals surface area contributed by atoms with Crippen LogP contribution in [0.25, 0.3) is 0 Å². The van der Waals surface area contributed by atoms with Crippen LogP contribution in [0.4, 0.5) is 4.39 Å². The van der Waals surface area contributed by atoms with Gasteiger partial charge >= 0.3 is 0 Å². The number of hydrogen-bond donors (Lipinski definition) is 0. The van der Waals surface area contributed by atoms with Crippen LogP contribution in [0.2, 0.25) is 0 Å². The molecule has 3 rings (SSSR count). The Labute approximate surface area is 116 Å². The van der Waals surface area contributed by atoms with Crippen molar-refractivity contribution in [2.45, 2.75) is 25.4 Å². The van der Waals surface area contributed by atoms with Crippen LogP contribution in [0.5, 0.6) is 0 Å². The largest absolute Gasteiger partial charge is 0.298 e. The van der Waals surface area contributed by atoms with E-state index in [1.54, 1.807) is 6.07 Å². The van der Waals surface area contributed by atoms with E-state index in [1.807, 2.05) is 6.07 Å². The maximum Gasteiger partial charge on any atom is 0.124 e. The summed E-state index contributed by atoms with van der Waals surface area (Å²) in [5, 5.41) is 0. The Bertz CT molecular complexity index is 418. The molecule has 0 saturated carbocycles. The van der Waals surface area contributed by atoms with Crippen LogP contribution >= 0.6 is 15.9 Å². The fourth-order valence-corrected chi connectivity index (χ4v) is 3.67. The van der Waals surface area contributed by atoms with Gasteiger partial charge in [0.15, 0.2) is 0 Å². The van der Waals surface area contributed by atoms with Gasteiger partial charge in [0.2, 0.25) is 0 Å². The van der Waals surface area contributed by atoms with Crippen molar-refractivity contribution in [2.24, 2.45) is 0 Å². The normalized spacial score (nSPS) is 25.3. The van der Waals surface area contributed by atoms with Gasteiger partial charge in [-0.2, -0.15) is 0 Å². The molecule has 0 spiro atoms. The lowest BCUT2D eigenvalue weighted by Crippen LogP contribution is -2.49. The summed E-state index contributed by atoms with van der Waals surface area (Å²) in [5.74, 6) is -0.154. The van der Waals surface area contributed by atoms with E-state index in [2.05, 4.69) is 25.7 Å². The van der Waals surface area contributed by atoms with Gasteiger partial charge < -0.3 is 0 Å². The van der Waals surface area contributed by atoms with Crippen molar-refractivity contribution in [1.82, 2.24) is 9.80 Å². The van der Waals surface area contributed by atoms with E-state index in [9.17, 15) is 4.39 Å². The van der Waals surface area contributed by atoms with Crippen LogP contribution in [-0.2, 0) is 6.54 Å². The number of rotatable bonds is 2. The van der Waals surface area contributed by atoms with Gasteiger partial charge in [-0.3, -0.25) is 9.80 Å². The molecule has 0 bridgehead atoms. The third-order valence-electron chi connectivity index (χ3n) is 4.00. The molecule has 98 valence electrons. The standard InChI is InChI=1S/C14H18BrFN2/c15-12-6-11(7-13(16)8-12)9-17-4-5-18-3-1-2-14(18)10-17/h6-8,14H,1-5,9-10H2. The molecule has 1 unspecified atom stereocenters. The lowest BCUT2D eigenvalue weighted by molar-refractivity contribution is 0.0993. The second kappa shape index (κ2) is 5.27. The molecule has 0 aliphatic carbocycles. The highest BCUT2D eigenvalue weighted by atomic mass is 79.9. The minimum atomic E-state index is -0.154. The van der Waals surface area contributed by atoms with Crippen LogP contribution in [0.1, 0.15) is 18.4 Å². The van der Waals surface area contributed by atoms with E-state index in [4.69, 9.17) is 0 Å². The molecule has 0 aromatic heterocycles. The number of halogens is 2. The Morgan fingerprint density at radius 2 is 2.11 bits per heavy atom. The molecule has 0 radical (unpaired) electrons. The Morgan fingerprint density at radius 3 is 2.94 bits per heavy atom. The molecule has 0 N–H and O–H groups in total. The molecule has 0 amide bonds. The summed E-state index contributed by atoms with van der Waals surface area (Å²) in [4.78, 5) is 5.05. The number of benzene rings is 1. The van der Waals surface area contributed by atoms with Crippen LogP contribution in [0, 0.1) is 5.82 Å². The summed E-state index contributed by atoms with van der Waals surface area (Å²) in [6, 6.07) is 5.91. The zero-order valence-corrected chi connectivity index (χ0v) is 12.0. The summed E-state index contributed by atoms with van der Waals surface area (Å²) < 4.78 is 14.2. The highest BCUT2D eigenvalue weighted by Gasteiger charge is 2.30. The van der Waals surface area contributed by atoms with Gasteiger partial charge in [-0.15, -0.1) is 0 Å². The molecule has 2 nitrogen and oxygen atoms in total. The van der Waals surface area contributed by atoms with Crippen molar-refractivity contribution in [3.05, 3.63) is 34.1 Å². The van der Waals surface area contributed by atoms with Gasteiger partial charge in [-0.25, -0.2) is 4.39 Å². The second-order valence-corrected chi connectivity index (χ2v) is 6.26. The van der Waals surface area contributed by atoms with Gasteiger partial charge in [-0.1, -0.05) is 15.9 Å². The first kappa shape index (κ1) is 12.6. The quantitative estimate of drug-likeness (QED) is 0.828. The molecule has 1 atom stereocenters. The number of hydrogen-bond acceptors (Lipinski definition) is 2. The first-order valence-corrected chi connectivity index (χ1v) is 7.41. The van der Waals surface area contributed by atoms with Crippen LogP contribution in [-0.4, -0.2) is 42.0 Å². The Kier molecular flexibility index (Phi) is 3.68. The van der Waals surface area contributed by atoms with Crippen molar-refractivity contribution in [3.8, 4) is 0 Å². The Morgan fingerprint density at radius 1 is 1.22 bits per heavy atom. The van der Waals surface area contributed by atoms with E-state index in [0.29, 0.717) is 0 Å². The summed E-state index contributed by atoms with van der Waals surface area (Å²) in [5.41, 5.74) is 1.06. The van der Waals surface area contributed by atoms with E-state index in [-0.39, 0.29) is 5.82 Å². The lowest BCUT2D eigenvalue weighted by Gasteiger charge is -2.37. The molecule has 2 aliphatic heterocycles. The molecule has 18 heavy (non-hydrogen) atoms. The molecule has 2 heterocycles. The molecular weight excluding hydrogens is 295 g/mol. The van der Waals surface area contributed by atoms with Crippen molar-refractivity contribution in [1.29, 1.82) is 0 Å². The van der Waals surface area contributed by atoms with E-state index in [0.717, 1.165) is 35.7 Å². The van der Waals surface area contributed by atoms with Gasteiger partial charge in [0.1, 0.15) is 5.82 Å². The molecular formula is C14H18BrFN2. The topological polar surface area (TPSA) is 6.48 Å². The third-order valence-corrected chi connectivity index (χ3v) is 4.46. The Balaban J connectivity index is 1.65. The molecule has 2 saturated heterocycles. The van der Waals surface area contributed by atoms with Crippen molar-refractivity contribution in [3.63, 3.8) is 0 Å². The minimum Gasteiger partial charge on any atom is -0.298 e. The van der Waals surface area contributed by atoms with Gasteiger partial charge in [0.25, 0.3) is 0 Å². The fourth-order valence-electron chi connectivity index (χ4n) is 3.16. The zero-order valence-electron chi connectivity index (χ0n) is 10.4. The maximum atomic E-state index is 13.3. The van der Waals surface area contributed by atoms with Crippen LogP contribution in [0.15, 0.2) is 22.7 Å². The Hall–Kier alpha value is -0.450. The monoisotopic (exact) mass is 312 g/mol. The highest BCUT2D eigenvalue weighted by molar-refractivity contribution is 9.10. The summed E-state index contributed by atoms with van der Waals surface area (Å²) >= 11 is 3.36. The second-order valence-electron chi connectivity index (χ2n) is 5.34. The van der Waals surface area contributed by atoms with Crippen molar-refractivity contribution < 1.29 is 4.39 Å². The molecule has 4 heteroatoms. The molecule has 1 aromatic rings. The molecule has 2 aliphatic rings. The summed E-state index contributed by atoms with van der Waals surface area (Å²) in [6.45, 7) is 5.53. The SMILES string of the molecule is Fc1cc(Br)cc(CN2CCN3CCCC3C2)c1. The molecule has 1 aromatic carbocycles. The number of piperazine rings is 1. The molecule has 2 fully saturated rings. The van der Waals surface area contributed by atoms with E-state index in [1.165, 1.54) is 32.0 Å². The fraction of sp³-hybridized carbons (Fsp3) is 0.571. The average molecular weight is 313 g/mol. The predicted molar refractivity (Wildman–Crippen MR) is 74.0 cm³/mol. The lowest BCUT2D eigenvalue weighted by atomic mass is 10.1. The number of nitrogens with zero attached hydrogens (tertiary/aromatic N) is 2.